The Kier molecular flexibility index (Phi) is 4.68. The third kappa shape index (κ3) is 2.97. The zero-order valence-electron chi connectivity index (χ0n) is 12.8. The molecule has 2 fully saturated rings. The average molecular weight is 281 g/mol. The lowest BCUT2D eigenvalue weighted by Crippen LogP contribution is -2.49. The van der Waals surface area contributed by atoms with Gasteiger partial charge in [0, 0.05) is 32.6 Å². The van der Waals surface area contributed by atoms with E-state index < -0.39 is 0 Å². The topological polar surface area (TPSA) is 66.6 Å². The van der Waals surface area contributed by atoms with E-state index in [2.05, 4.69) is 6.92 Å². The molecule has 2 amide bonds. The van der Waals surface area contributed by atoms with Crippen LogP contribution in [0.15, 0.2) is 0 Å². The van der Waals surface area contributed by atoms with Crippen LogP contribution in [0, 0.1) is 11.8 Å². The van der Waals surface area contributed by atoms with E-state index in [0.717, 1.165) is 38.6 Å². The molecular weight excluding hydrogens is 254 g/mol. The van der Waals surface area contributed by atoms with Gasteiger partial charge in [0.05, 0.1) is 0 Å². The van der Waals surface area contributed by atoms with E-state index in [1.165, 1.54) is 0 Å². The van der Waals surface area contributed by atoms with Gasteiger partial charge in [0.25, 0.3) is 0 Å². The third-order valence-corrected chi connectivity index (χ3v) is 4.85. The summed E-state index contributed by atoms with van der Waals surface area (Å²) in [5.74, 6) is 0.668. The van der Waals surface area contributed by atoms with Crippen LogP contribution in [0.25, 0.3) is 0 Å². The lowest BCUT2D eigenvalue weighted by molar-refractivity contribution is -0.145. The number of nitrogens with zero attached hydrogens (tertiary/aromatic N) is 2. The van der Waals surface area contributed by atoms with Crippen LogP contribution in [0.1, 0.15) is 39.0 Å². The standard InChI is InChI=1S/C15H27N3O2/c1-10-9-11(6-7-12(10)16)14(19)18-8-4-5-13(18)15(20)17(2)3/h10-13H,4-9,16H2,1-3H3. The minimum absolute atomic E-state index is 0.0522. The molecule has 0 aromatic heterocycles. The first kappa shape index (κ1) is 15.3. The Balaban J connectivity index is 2.03. The largest absolute Gasteiger partial charge is 0.347 e. The fourth-order valence-corrected chi connectivity index (χ4v) is 3.46. The van der Waals surface area contributed by atoms with Crippen LogP contribution >= 0.6 is 0 Å². The van der Waals surface area contributed by atoms with Crippen molar-refractivity contribution in [1.29, 1.82) is 0 Å². The quantitative estimate of drug-likeness (QED) is 0.815. The molecule has 0 radical (unpaired) electrons. The highest BCUT2D eigenvalue weighted by atomic mass is 16.2. The second kappa shape index (κ2) is 6.12. The predicted octanol–water partition coefficient (Wildman–Crippen LogP) is 0.829. The van der Waals surface area contributed by atoms with Crippen LogP contribution in [0.2, 0.25) is 0 Å². The van der Waals surface area contributed by atoms with E-state index in [-0.39, 0.29) is 29.8 Å². The zero-order valence-corrected chi connectivity index (χ0v) is 12.8. The van der Waals surface area contributed by atoms with Gasteiger partial charge in [-0.05, 0) is 38.0 Å². The summed E-state index contributed by atoms with van der Waals surface area (Å²) in [6.07, 6.45) is 4.36. The summed E-state index contributed by atoms with van der Waals surface area (Å²) in [5, 5.41) is 0. The van der Waals surface area contributed by atoms with Gasteiger partial charge in [-0.2, -0.15) is 0 Å². The van der Waals surface area contributed by atoms with Gasteiger partial charge < -0.3 is 15.5 Å². The monoisotopic (exact) mass is 281 g/mol. The average Bonchev–Trinajstić information content (AvgIpc) is 2.89. The predicted molar refractivity (Wildman–Crippen MR) is 77.9 cm³/mol. The molecule has 4 atom stereocenters. The van der Waals surface area contributed by atoms with Crippen molar-refractivity contribution in [3.8, 4) is 0 Å². The number of likely N-dealkylation sites (N-methyl/N-ethyl adjacent to an activating group) is 1. The molecule has 1 aliphatic heterocycles. The molecule has 20 heavy (non-hydrogen) atoms. The molecule has 4 unspecified atom stereocenters. The Morgan fingerprint density at radius 3 is 2.50 bits per heavy atom. The van der Waals surface area contributed by atoms with Crippen LogP contribution in [0.5, 0.6) is 0 Å². The van der Waals surface area contributed by atoms with Crippen molar-refractivity contribution >= 4 is 11.8 Å². The lowest BCUT2D eigenvalue weighted by Gasteiger charge is -2.35. The molecule has 0 aromatic carbocycles. The molecule has 1 aliphatic carbocycles. The van der Waals surface area contributed by atoms with Crippen molar-refractivity contribution in [3.63, 3.8) is 0 Å². The Hall–Kier alpha value is -1.10. The van der Waals surface area contributed by atoms with Crippen molar-refractivity contribution in [1.82, 2.24) is 9.80 Å². The van der Waals surface area contributed by atoms with Crippen molar-refractivity contribution in [2.24, 2.45) is 17.6 Å². The number of likely N-dealkylation sites (tertiary alicyclic amines) is 1. The number of amides is 2. The van der Waals surface area contributed by atoms with E-state index in [9.17, 15) is 9.59 Å². The summed E-state index contributed by atoms with van der Waals surface area (Å²) in [6, 6.07) is -0.0276. The number of hydrogen-bond donors (Lipinski definition) is 1. The minimum atomic E-state index is -0.247. The summed E-state index contributed by atoms with van der Waals surface area (Å²) in [7, 11) is 3.51. The van der Waals surface area contributed by atoms with E-state index in [0.29, 0.717) is 5.92 Å². The molecule has 0 spiro atoms. The first-order valence-electron chi connectivity index (χ1n) is 7.69. The first-order chi connectivity index (χ1) is 9.41. The van der Waals surface area contributed by atoms with E-state index in [1.807, 2.05) is 4.90 Å². The summed E-state index contributed by atoms with van der Waals surface area (Å²) in [6.45, 7) is 2.84. The highest BCUT2D eigenvalue weighted by Crippen LogP contribution is 2.31. The summed E-state index contributed by atoms with van der Waals surface area (Å²) in [5.41, 5.74) is 6.02. The molecule has 0 bridgehead atoms. The van der Waals surface area contributed by atoms with Crippen LogP contribution in [-0.2, 0) is 9.59 Å². The second-order valence-electron chi connectivity index (χ2n) is 6.57. The molecule has 1 saturated carbocycles. The molecule has 2 N–H and O–H groups in total. The van der Waals surface area contributed by atoms with Crippen LogP contribution in [-0.4, -0.2) is 54.3 Å². The molecule has 0 aromatic rings. The van der Waals surface area contributed by atoms with Gasteiger partial charge in [-0.3, -0.25) is 9.59 Å². The Bertz CT molecular complexity index is 383. The number of hydrogen-bond acceptors (Lipinski definition) is 3. The lowest BCUT2D eigenvalue weighted by atomic mass is 9.78. The Morgan fingerprint density at radius 1 is 1.20 bits per heavy atom. The summed E-state index contributed by atoms with van der Waals surface area (Å²) < 4.78 is 0. The number of nitrogens with two attached hydrogens (primary N) is 1. The number of carbonyl (C=O) groups excluding carboxylic acids is 2. The van der Waals surface area contributed by atoms with Crippen molar-refractivity contribution in [3.05, 3.63) is 0 Å². The normalized spacial score (nSPS) is 34.1. The molecule has 114 valence electrons. The van der Waals surface area contributed by atoms with Crippen LogP contribution < -0.4 is 5.73 Å². The van der Waals surface area contributed by atoms with Crippen molar-refractivity contribution < 1.29 is 9.59 Å². The molecule has 1 saturated heterocycles. The maximum Gasteiger partial charge on any atom is 0.244 e. The van der Waals surface area contributed by atoms with Gasteiger partial charge in [0.2, 0.25) is 11.8 Å². The number of carbonyl (C=O) groups is 2. The zero-order chi connectivity index (χ0) is 14.9. The van der Waals surface area contributed by atoms with Gasteiger partial charge in [-0.25, -0.2) is 0 Å². The van der Waals surface area contributed by atoms with Gasteiger partial charge in [-0.15, -0.1) is 0 Å². The van der Waals surface area contributed by atoms with E-state index in [4.69, 9.17) is 5.73 Å². The van der Waals surface area contributed by atoms with E-state index in [1.54, 1.807) is 19.0 Å². The summed E-state index contributed by atoms with van der Waals surface area (Å²) >= 11 is 0. The molecule has 2 rings (SSSR count). The maximum absolute atomic E-state index is 12.7. The Morgan fingerprint density at radius 2 is 1.90 bits per heavy atom. The van der Waals surface area contributed by atoms with Gasteiger partial charge in [0.1, 0.15) is 6.04 Å². The van der Waals surface area contributed by atoms with Gasteiger partial charge in [-0.1, -0.05) is 6.92 Å². The molecule has 5 nitrogen and oxygen atoms in total. The molecule has 2 aliphatic rings. The smallest absolute Gasteiger partial charge is 0.244 e. The van der Waals surface area contributed by atoms with Gasteiger partial charge in [0.15, 0.2) is 0 Å². The summed E-state index contributed by atoms with van der Waals surface area (Å²) in [4.78, 5) is 28.3. The highest BCUT2D eigenvalue weighted by molar-refractivity contribution is 5.89. The molecule has 1 heterocycles. The fraction of sp³-hybridized carbons (Fsp3) is 0.867. The van der Waals surface area contributed by atoms with Crippen LogP contribution in [0.4, 0.5) is 0 Å². The highest BCUT2D eigenvalue weighted by Gasteiger charge is 2.39. The SMILES string of the molecule is CC1CC(C(=O)N2CCCC2C(=O)N(C)C)CCC1N. The molecule has 5 heteroatoms. The van der Waals surface area contributed by atoms with Crippen LogP contribution in [0.3, 0.4) is 0 Å². The molecular formula is C15H27N3O2. The third-order valence-electron chi connectivity index (χ3n) is 4.85. The first-order valence-corrected chi connectivity index (χ1v) is 7.69. The number of rotatable bonds is 2. The maximum atomic E-state index is 12.7. The van der Waals surface area contributed by atoms with Gasteiger partial charge >= 0.3 is 0 Å². The van der Waals surface area contributed by atoms with Crippen molar-refractivity contribution in [2.45, 2.75) is 51.1 Å². The Labute approximate surface area is 121 Å². The van der Waals surface area contributed by atoms with E-state index >= 15 is 0 Å². The van der Waals surface area contributed by atoms with Crippen molar-refractivity contribution in [2.75, 3.05) is 20.6 Å². The second-order valence-corrected chi connectivity index (χ2v) is 6.57. The fourth-order valence-electron chi connectivity index (χ4n) is 3.46. The minimum Gasteiger partial charge on any atom is -0.347 e.